The number of benzene rings is 1. The van der Waals surface area contributed by atoms with Gasteiger partial charge in [-0.3, -0.25) is 9.80 Å². The highest BCUT2D eigenvalue weighted by molar-refractivity contribution is 7.09. The minimum Gasteiger partial charge on any atom is -0.497 e. The number of carbonyl (C=O) groups is 2. The minimum atomic E-state index is -5.08. The van der Waals surface area contributed by atoms with Gasteiger partial charge in [-0.25, -0.2) is 9.59 Å². The van der Waals surface area contributed by atoms with Crippen LogP contribution in [0.15, 0.2) is 41.8 Å². The first-order valence-electron chi connectivity index (χ1n) is 11.9. The average Bonchev–Trinajstić information content (AvgIpc) is 3.47. The van der Waals surface area contributed by atoms with Gasteiger partial charge in [0.25, 0.3) is 0 Å². The van der Waals surface area contributed by atoms with Gasteiger partial charge in [-0.1, -0.05) is 18.2 Å². The first kappa shape index (κ1) is 33.3. The van der Waals surface area contributed by atoms with Gasteiger partial charge >= 0.3 is 24.3 Å². The monoisotopic (exact) mass is 600 g/mol. The Morgan fingerprint density at radius 1 is 0.950 bits per heavy atom. The molecule has 1 atom stereocenters. The molecule has 40 heavy (non-hydrogen) atoms. The maximum Gasteiger partial charge on any atom is 0.490 e. The number of thiophene rings is 1. The summed E-state index contributed by atoms with van der Waals surface area (Å²) < 4.78 is 74.8. The van der Waals surface area contributed by atoms with E-state index in [2.05, 4.69) is 51.6 Å². The molecule has 2 aliphatic heterocycles. The molecule has 0 amide bonds. The molecule has 0 aliphatic carbocycles. The normalized spacial score (nSPS) is 20.1. The van der Waals surface area contributed by atoms with Crippen LogP contribution >= 0.6 is 11.3 Å². The van der Waals surface area contributed by atoms with E-state index in [1.807, 2.05) is 11.3 Å². The quantitative estimate of drug-likeness (QED) is 0.475. The highest BCUT2D eigenvalue weighted by Crippen LogP contribution is 2.35. The number of likely N-dealkylation sites (tertiary alicyclic amines) is 1. The van der Waals surface area contributed by atoms with E-state index in [-0.39, 0.29) is 5.41 Å². The van der Waals surface area contributed by atoms with E-state index >= 15 is 0 Å². The zero-order chi connectivity index (χ0) is 30.0. The van der Waals surface area contributed by atoms with Gasteiger partial charge in [0, 0.05) is 43.0 Å². The van der Waals surface area contributed by atoms with Crippen molar-refractivity contribution in [2.45, 2.75) is 31.9 Å². The minimum absolute atomic E-state index is 0.278. The van der Waals surface area contributed by atoms with E-state index in [9.17, 15) is 26.3 Å². The van der Waals surface area contributed by atoms with Gasteiger partial charge in [0.05, 0.1) is 20.3 Å². The Labute approximate surface area is 230 Å². The summed E-state index contributed by atoms with van der Waals surface area (Å²) in [7, 11) is 1.72. The van der Waals surface area contributed by atoms with Gasteiger partial charge in [0.1, 0.15) is 5.75 Å². The summed E-state index contributed by atoms with van der Waals surface area (Å²) in [6.45, 7) is 8.26. The number of hydrogen-bond acceptors (Lipinski definition) is 7. The summed E-state index contributed by atoms with van der Waals surface area (Å²) in [5.41, 5.74) is 1.62. The third-order valence-corrected chi connectivity index (χ3v) is 6.91. The largest absolute Gasteiger partial charge is 0.497 e. The SMILES string of the molecule is COc1ccc(CN2CCOCC3(CCN(Cc4cccs4)C3)C2)cc1.O=C(O)C(F)(F)F.O=C(O)C(F)(F)F. The zero-order valence-corrected chi connectivity index (χ0v) is 22.3. The molecule has 2 N–H and O–H groups in total. The van der Waals surface area contributed by atoms with Crippen LogP contribution in [-0.2, 0) is 27.4 Å². The predicted octanol–water partition coefficient (Wildman–Crippen LogP) is 4.75. The first-order valence-corrected chi connectivity index (χ1v) is 12.8. The molecule has 224 valence electrons. The van der Waals surface area contributed by atoms with Crippen LogP contribution in [0.4, 0.5) is 26.3 Å². The molecule has 2 saturated heterocycles. The Hall–Kier alpha value is -2.88. The van der Waals surface area contributed by atoms with Crippen molar-refractivity contribution >= 4 is 23.3 Å². The molecule has 15 heteroatoms. The Morgan fingerprint density at radius 3 is 1.98 bits per heavy atom. The van der Waals surface area contributed by atoms with Crippen LogP contribution in [0.5, 0.6) is 5.75 Å². The Morgan fingerprint density at radius 2 is 1.50 bits per heavy atom. The second-order valence-corrected chi connectivity index (χ2v) is 10.3. The number of ether oxygens (including phenoxy) is 2. The molecular weight excluding hydrogens is 570 g/mol. The first-order chi connectivity index (χ1) is 18.6. The van der Waals surface area contributed by atoms with Crippen molar-refractivity contribution in [2.75, 3.05) is 46.5 Å². The van der Waals surface area contributed by atoms with Gasteiger partial charge in [0.15, 0.2) is 0 Å². The third kappa shape index (κ3) is 11.3. The second-order valence-electron chi connectivity index (χ2n) is 9.26. The van der Waals surface area contributed by atoms with E-state index in [4.69, 9.17) is 29.3 Å². The molecule has 0 radical (unpaired) electrons. The lowest BCUT2D eigenvalue weighted by Gasteiger charge is -2.32. The topological polar surface area (TPSA) is 99.5 Å². The number of nitrogens with zero attached hydrogens (tertiary/aromatic N) is 2. The van der Waals surface area contributed by atoms with Crippen LogP contribution in [0.2, 0.25) is 0 Å². The van der Waals surface area contributed by atoms with Crippen molar-refractivity contribution < 1.29 is 55.6 Å². The van der Waals surface area contributed by atoms with Crippen LogP contribution in [0, 0.1) is 5.41 Å². The molecule has 2 aliphatic rings. The smallest absolute Gasteiger partial charge is 0.490 e. The van der Waals surface area contributed by atoms with E-state index in [0.717, 1.165) is 51.7 Å². The number of carboxylic acids is 2. The van der Waals surface area contributed by atoms with E-state index in [0.29, 0.717) is 0 Å². The summed E-state index contributed by atoms with van der Waals surface area (Å²) in [4.78, 5) is 24.4. The lowest BCUT2D eigenvalue weighted by molar-refractivity contribution is -0.193. The molecule has 0 bridgehead atoms. The molecule has 0 saturated carbocycles. The number of halogens is 6. The number of aliphatic carboxylic acids is 2. The molecule has 1 aromatic carbocycles. The fourth-order valence-corrected chi connectivity index (χ4v) is 4.98. The summed E-state index contributed by atoms with van der Waals surface area (Å²) >= 11 is 1.86. The molecule has 1 spiro atoms. The summed E-state index contributed by atoms with van der Waals surface area (Å²) in [5.74, 6) is -4.59. The number of rotatable bonds is 5. The fourth-order valence-electron chi connectivity index (χ4n) is 4.24. The molecule has 4 rings (SSSR count). The summed E-state index contributed by atoms with van der Waals surface area (Å²) in [6, 6.07) is 12.9. The molecular formula is C25H30F6N2O6S. The van der Waals surface area contributed by atoms with E-state index in [1.165, 1.54) is 23.4 Å². The summed E-state index contributed by atoms with van der Waals surface area (Å²) in [5, 5.41) is 16.4. The number of hydrogen-bond donors (Lipinski definition) is 2. The van der Waals surface area contributed by atoms with Crippen molar-refractivity contribution in [3.8, 4) is 5.75 Å². The lowest BCUT2D eigenvalue weighted by atomic mass is 9.87. The van der Waals surface area contributed by atoms with Crippen LogP contribution < -0.4 is 4.74 Å². The highest BCUT2D eigenvalue weighted by Gasteiger charge is 2.41. The molecule has 1 unspecified atom stereocenters. The predicted molar refractivity (Wildman–Crippen MR) is 133 cm³/mol. The van der Waals surface area contributed by atoms with Crippen LogP contribution in [0.1, 0.15) is 16.9 Å². The van der Waals surface area contributed by atoms with Crippen LogP contribution in [0.25, 0.3) is 0 Å². The maximum absolute atomic E-state index is 10.6. The fraction of sp³-hybridized carbons (Fsp3) is 0.520. The third-order valence-electron chi connectivity index (χ3n) is 6.05. The van der Waals surface area contributed by atoms with Crippen molar-refractivity contribution in [2.24, 2.45) is 5.41 Å². The van der Waals surface area contributed by atoms with Crippen molar-refractivity contribution in [3.05, 3.63) is 52.2 Å². The van der Waals surface area contributed by atoms with Crippen molar-refractivity contribution in [3.63, 3.8) is 0 Å². The zero-order valence-electron chi connectivity index (χ0n) is 21.5. The maximum atomic E-state index is 10.6. The number of alkyl halides is 6. The standard InChI is InChI=1S/C21H28N2O2S.2C2HF3O2/c1-24-19-6-4-18(5-7-19)13-23-10-11-25-17-21(16-23)8-9-22(15-21)14-20-3-2-12-26-20;2*3-2(4,5)1(6)7/h2-7,12H,8-11,13-17H2,1H3;2*(H,6,7). The van der Waals surface area contributed by atoms with Gasteiger partial charge < -0.3 is 19.7 Å². The van der Waals surface area contributed by atoms with E-state index in [1.54, 1.807) is 7.11 Å². The molecule has 1 aromatic heterocycles. The second kappa shape index (κ2) is 14.7. The molecule has 2 aromatic rings. The van der Waals surface area contributed by atoms with Crippen molar-refractivity contribution in [1.29, 1.82) is 0 Å². The van der Waals surface area contributed by atoms with Crippen LogP contribution in [0.3, 0.4) is 0 Å². The lowest BCUT2D eigenvalue weighted by Crippen LogP contribution is -2.40. The van der Waals surface area contributed by atoms with Gasteiger partial charge in [0.2, 0.25) is 0 Å². The Balaban J connectivity index is 0.000000333. The molecule has 2 fully saturated rings. The molecule has 3 heterocycles. The number of methoxy groups -OCH3 is 1. The van der Waals surface area contributed by atoms with Crippen molar-refractivity contribution in [1.82, 2.24) is 9.80 Å². The van der Waals surface area contributed by atoms with Gasteiger partial charge in [-0.2, -0.15) is 26.3 Å². The molecule has 8 nitrogen and oxygen atoms in total. The summed E-state index contributed by atoms with van der Waals surface area (Å²) in [6.07, 6.45) is -8.93. The average molecular weight is 601 g/mol. The Bertz CT molecular complexity index is 1040. The van der Waals surface area contributed by atoms with Gasteiger partial charge in [-0.15, -0.1) is 11.3 Å². The number of carboxylic acid groups (broad SMARTS) is 2. The highest BCUT2D eigenvalue weighted by atomic mass is 32.1. The van der Waals surface area contributed by atoms with Crippen LogP contribution in [-0.4, -0.2) is 90.8 Å². The van der Waals surface area contributed by atoms with Gasteiger partial charge in [-0.05, 0) is 42.1 Å². The van der Waals surface area contributed by atoms with E-state index < -0.39 is 24.3 Å². The Kier molecular flexibility index (Phi) is 12.2.